The van der Waals surface area contributed by atoms with Crippen LogP contribution in [0.15, 0.2) is 30.3 Å². The Hall–Kier alpha value is -0.570. The first-order valence-electron chi connectivity index (χ1n) is 7.02. The van der Waals surface area contributed by atoms with Gasteiger partial charge in [0.05, 0.1) is 0 Å². The number of nitrogens with two attached hydrogens (primary N) is 1. The van der Waals surface area contributed by atoms with Crippen LogP contribution in [-0.4, -0.2) is 29.6 Å². The number of halogens is 1. The minimum atomic E-state index is -0.0874. The van der Waals surface area contributed by atoms with Crippen molar-refractivity contribution in [3.05, 3.63) is 35.9 Å². The van der Waals surface area contributed by atoms with Crippen molar-refractivity contribution < 1.29 is 0 Å². The summed E-state index contributed by atoms with van der Waals surface area (Å²) in [6.45, 7) is 8.78. The van der Waals surface area contributed by atoms with Gasteiger partial charge in [-0.2, -0.15) is 0 Å². The number of hydrogen-bond donors (Lipinski definition) is 1. The molecule has 0 bridgehead atoms. The molecule has 2 rings (SSSR count). The van der Waals surface area contributed by atoms with Crippen LogP contribution < -0.4 is 5.73 Å². The lowest BCUT2D eigenvalue weighted by molar-refractivity contribution is 0.201. The molecule has 0 saturated carbocycles. The molecule has 1 saturated heterocycles. The molecule has 1 aromatic rings. The predicted molar refractivity (Wildman–Crippen MR) is 84.8 cm³/mol. The summed E-state index contributed by atoms with van der Waals surface area (Å²) >= 11 is 0. The van der Waals surface area contributed by atoms with Crippen molar-refractivity contribution in [2.45, 2.75) is 45.2 Å². The van der Waals surface area contributed by atoms with Crippen molar-refractivity contribution >= 4 is 12.4 Å². The van der Waals surface area contributed by atoms with Crippen LogP contribution in [-0.2, 0) is 6.42 Å². The Bertz CT molecular complexity index is 372. The van der Waals surface area contributed by atoms with Gasteiger partial charge in [0.15, 0.2) is 0 Å². The molecule has 3 heteroatoms. The molecule has 108 valence electrons. The van der Waals surface area contributed by atoms with Crippen LogP contribution in [0.4, 0.5) is 0 Å². The highest BCUT2D eigenvalue weighted by molar-refractivity contribution is 5.85. The Balaban J connectivity index is 0.00000180. The number of hydrogen-bond acceptors (Lipinski definition) is 2. The molecule has 1 aliphatic heterocycles. The molecule has 0 spiro atoms. The second-order valence-corrected chi connectivity index (χ2v) is 6.44. The molecule has 2 N–H and O–H groups in total. The SMILES string of the molecule is CC1C(Cc2ccccc2)CCN1CC(C)(C)N.Cl. The third-order valence-electron chi connectivity index (χ3n) is 4.00. The van der Waals surface area contributed by atoms with Crippen molar-refractivity contribution in [2.75, 3.05) is 13.1 Å². The molecule has 0 amide bonds. The standard InChI is InChI=1S/C16H26N2.ClH/c1-13-15(11-14-7-5-4-6-8-14)9-10-18(13)12-16(2,3)17;/h4-8,13,15H,9-12,17H2,1-3H3;1H. The second-order valence-electron chi connectivity index (χ2n) is 6.44. The minimum absolute atomic E-state index is 0. The zero-order valence-corrected chi connectivity index (χ0v) is 13.1. The molecular formula is C16H27ClN2. The lowest BCUT2D eigenvalue weighted by Gasteiger charge is -2.31. The van der Waals surface area contributed by atoms with Crippen molar-refractivity contribution in [1.29, 1.82) is 0 Å². The first-order chi connectivity index (χ1) is 8.46. The van der Waals surface area contributed by atoms with Crippen LogP contribution in [0.25, 0.3) is 0 Å². The number of likely N-dealkylation sites (tertiary alicyclic amines) is 1. The molecular weight excluding hydrogens is 256 g/mol. The van der Waals surface area contributed by atoms with E-state index in [9.17, 15) is 0 Å². The molecule has 2 atom stereocenters. The molecule has 2 nitrogen and oxygen atoms in total. The van der Waals surface area contributed by atoms with E-state index >= 15 is 0 Å². The largest absolute Gasteiger partial charge is 0.324 e. The van der Waals surface area contributed by atoms with Gasteiger partial charge >= 0.3 is 0 Å². The highest BCUT2D eigenvalue weighted by Crippen LogP contribution is 2.28. The Morgan fingerprint density at radius 1 is 1.26 bits per heavy atom. The van der Waals surface area contributed by atoms with E-state index in [1.54, 1.807) is 0 Å². The highest BCUT2D eigenvalue weighted by Gasteiger charge is 2.32. The van der Waals surface area contributed by atoms with Crippen LogP contribution in [0, 0.1) is 5.92 Å². The van der Waals surface area contributed by atoms with E-state index in [1.165, 1.54) is 24.9 Å². The normalized spacial score (nSPS) is 24.2. The monoisotopic (exact) mass is 282 g/mol. The smallest absolute Gasteiger partial charge is 0.0226 e. The maximum Gasteiger partial charge on any atom is 0.0226 e. The Labute approximate surface area is 123 Å². The molecule has 1 fully saturated rings. The molecule has 19 heavy (non-hydrogen) atoms. The second kappa shape index (κ2) is 6.74. The molecule has 1 aromatic carbocycles. The number of benzene rings is 1. The summed E-state index contributed by atoms with van der Waals surface area (Å²) in [5.74, 6) is 0.773. The molecule has 1 aliphatic rings. The maximum absolute atomic E-state index is 6.13. The van der Waals surface area contributed by atoms with Gasteiger partial charge in [-0.3, -0.25) is 4.90 Å². The molecule has 0 aromatic heterocycles. The summed E-state index contributed by atoms with van der Waals surface area (Å²) in [5, 5.41) is 0. The van der Waals surface area contributed by atoms with Crippen molar-refractivity contribution in [3.8, 4) is 0 Å². The maximum atomic E-state index is 6.13. The zero-order chi connectivity index (χ0) is 13.2. The third kappa shape index (κ3) is 4.79. The molecule has 2 unspecified atom stereocenters. The summed E-state index contributed by atoms with van der Waals surface area (Å²) in [7, 11) is 0. The lowest BCUT2D eigenvalue weighted by atomic mass is 9.93. The lowest BCUT2D eigenvalue weighted by Crippen LogP contribution is -2.47. The summed E-state index contributed by atoms with van der Waals surface area (Å²) in [6, 6.07) is 11.5. The van der Waals surface area contributed by atoms with Gasteiger partial charge in [0.1, 0.15) is 0 Å². The topological polar surface area (TPSA) is 29.3 Å². The average molecular weight is 283 g/mol. The summed E-state index contributed by atoms with van der Waals surface area (Å²) in [5.41, 5.74) is 7.51. The fraction of sp³-hybridized carbons (Fsp3) is 0.625. The Kier molecular flexibility index (Phi) is 5.84. The van der Waals surface area contributed by atoms with E-state index in [2.05, 4.69) is 56.0 Å². The van der Waals surface area contributed by atoms with E-state index in [4.69, 9.17) is 5.73 Å². The van der Waals surface area contributed by atoms with Crippen LogP contribution in [0.2, 0.25) is 0 Å². The van der Waals surface area contributed by atoms with E-state index in [0.717, 1.165) is 12.5 Å². The van der Waals surface area contributed by atoms with Crippen molar-refractivity contribution in [2.24, 2.45) is 11.7 Å². The van der Waals surface area contributed by atoms with Crippen LogP contribution in [0.5, 0.6) is 0 Å². The molecule has 0 aliphatic carbocycles. The number of rotatable bonds is 4. The Morgan fingerprint density at radius 3 is 2.47 bits per heavy atom. The van der Waals surface area contributed by atoms with Gasteiger partial charge in [-0.25, -0.2) is 0 Å². The molecule has 1 heterocycles. The van der Waals surface area contributed by atoms with E-state index in [-0.39, 0.29) is 17.9 Å². The van der Waals surface area contributed by atoms with Crippen molar-refractivity contribution in [1.82, 2.24) is 4.90 Å². The zero-order valence-electron chi connectivity index (χ0n) is 12.3. The van der Waals surface area contributed by atoms with E-state index in [1.807, 2.05) is 0 Å². The minimum Gasteiger partial charge on any atom is -0.324 e. The van der Waals surface area contributed by atoms with Gasteiger partial charge in [0, 0.05) is 18.1 Å². The van der Waals surface area contributed by atoms with Gasteiger partial charge in [0.2, 0.25) is 0 Å². The van der Waals surface area contributed by atoms with Gasteiger partial charge in [-0.05, 0) is 51.6 Å². The molecule has 0 radical (unpaired) electrons. The summed E-state index contributed by atoms with van der Waals surface area (Å²) in [4.78, 5) is 2.55. The van der Waals surface area contributed by atoms with E-state index < -0.39 is 0 Å². The van der Waals surface area contributed by atoms with Crippen LogP contribution >= 0.6 is 12.4 Å². The van der Waals surface area contributed by atoms with Gasteiger partial charge in [0.25, 0.3) is 0 Å². The average Bonchev–Trinajstić information content (AvgIpc) is 2.61. The predicted octanol–water partition coefficient (Wildman–Crippen LogP) is 3.10. The first-order valence-corrected chi connectivity index (χ1v) is 7.02. The van der Waals surface area contributed by atoms with Crippen LogP contribution in [0.1, 0.15) is 32.8 Å². The van der Waals surface area contributed by atoms with Gasteiger partial charge < -0.3 is 5.73 Å². The fourth-order valence-electron chi connectivity index (χ4n) is 3.01. The van der Waals surface area contributed by atoms with E-state index in [0.29, 0.717) is 6.04 Å². The quantitative estimate of drug-likeness (QED) is 0.919. The fourth-order valence-corrected chi connectivity index (χ4v) is 3.01. The van der Waals surface area contributed by atoms with Crippen LogP contribution in [0.3, 0.4) is 0 Å². The van der Waals surface area contributed by atoms with Gasteiger partial charge in [-0.1, -0.05) is 30.3 Å². The highest BCUT2D eigenvalue weighted by atomic mass is 35.5. The summed E-state index contributed by atoms with van der Waals surface area (Å²) < 4.78 is 0. The third-order valence-corrected chi connectivity index (χ3v) is 4.00. The van der Waals surface area contributed by atoms with Gasteiger partial charge in [-0.15, -0.1) is 12.4 Å². The first kappa shape index (κ1) is 16.5. The summed E-state index contributed by atoms with van der Waals surface area (Å²) in [6.07, 6.45) is 2.50. The Morgan fingerprint density at radius 2 is 1.89 bits per heavy atom. The van der Waals surface area contributed by atoms with Crippen molar-refractivity contribution in [3.63, 3.8) is 0 Å². The number of nitrogens with zero attached hydrogens (tertiary/aromatic N) is 1.